The molecule has 0 spiro atoms. The zero-order valence-corrected chi connectivity index (χ0v) is 17.2. The van der Waals surface area contributed by atoms with E-state index in [9.17, 15) is 4.79 Å². The maximum atomic E-state index is 12.2. The maximum Gasteiger partial charge on any atom is 0.276 e. The molecule has 0 atom stereocenters. The number of benzene rings is 2. The zero-order chi connectivity index (χ0) is 19.7. The van der Waals surface area contributed by atoms with Crippen LogP contribution in [0, 0.1) is 0 Å². The number of nitrogens with zero attached hydrogens (tertiary/aromatic N) is 2. The first-order valence-electron chi connectivity index (χ1n) is 8.84. The van der Waals surface area contributed by atoms with E-state index in [1.54, 1.807) is 24.9 Å². The van der Waals surface area contributed by atoms with Crippen molar-refractivity contribution in [2.75, 3.05) is 14.1 Å². The zero-order valence-electron chi connectivity index (χ0n) is 15.5. The summed E-state index contributed by atoms with van der Waals surface area (Å²) in [5.74, 6) is -0.118. The molecule has 28 heavy (non-hydrogen) atoms. The molecule has 0 aromatic heterocycles. The number of carbonyl (C=O) groups excluding carboxylic acids is 1. The Morgan fingerprint density at radius 2 is 1.50 bits per heavy atom. The molecule has 2 aromatic rings. The fourth-order valence-electron chi connectivity index (χ4n) is 3.13. The smallest absolute Gasteiger partial charge is 0.276 e. The maximum absolute atomic E-state index is 12.2. The number of rotatable bonds is 3. The van der Waals surface area contributed by atoms with Gasteiger partial charge in [0.1, 0.15) is 5.70 Å². The van der Waals surface area contributed by atoms with E-state index in [-0.39, 0.29) is 5.91 Å². The monoisotopic (exact) mass is 405 g/mol. The Balaban J connectivity index is 1.73. The van der Waals surface area contributed by atoms with Crippen molar-refractivity contribution in [2.24, 2.45) is 0 Å². The topological polar surface area (TPSA) is 35.6 Å². The molecule has 6 heteroatoms. The highest BCUT2D eigenvalue weighted by Gasteiger charge is 2.29. The highest BCUT2D eigenvalue weighted by atomic mass is 32.2. The van der Waals surface area contributed by atoms with E-state index < -0.39 is 0 Å². The normalized spacial score (nSPS) is 19.9. The van der Waals surface area contributed by atoms with Crippen LogP contribution >= 0.6 is 24.0 Å². The van der Waals surface area contributed by atoms with Gasteiger partial charge in [-0.15, -0.1) is 0 Å². The lowest BCUT2D eigenvalue weighted by molar-refractivity contribution is -0.121. The standard InChI is InChI=1S/C22H19N3OS2/c1-24-18(14-13-17-21(26)25(2)22(27)23-17)28-20(16-11-7-4-8-12-16)19(24)15-9-5-3-6-10-15/h3-14H,1-2H3,(H,23,27)/b17-13-,18-14-. The predicted molar refractivity (Wildman–Crippen MR) is 120 cm³/mol. The number of hydrogen-bond donors (Lipinski definition) is 1. The van der Waals surface area contributed by atoms with Gasteiger partial charge in [0.2, 0.25) is 0 Å². The number of nitrogens with one attached hydrogen (secondary N) is 1. The number of amides is 1. The van der Waals surface area contributed by atoms with Crippen LogP contribution < -0.4 is 5.32 Å². The highest BCUT2D eigenvalue weighted by molar-refractivity contribution is 8.12. The van der Waals surface area contributed by atoms with E-state index in [4.69, 9.17) is 12.2 Å². The number of allylic oxidation sites excluding steroid dienone is 2. The van der Waals surface area contributed by atoms with Gasteiger partial charge in [0, 0.05) is 19.0 Å². The minimum atomic E-state index is -0.118. The lowest BCUT2D eigenvalue weighted by Gasteiger charge is -2.18. The first-order valence-corrected chi connectivity index (χ1v) is 10.1. The van der Waals surface area contributed by atoms with Crippen LogP contribution in [-0.4, -0.2) is 34.9 Å². The fraction of sp³-hybridized carbons (Fsp3) is 0.0909. The van der Waals surface area contributed by atoms with Crippen molar-refractivity contribution in [1.29, 1.82) is 0 Å². The summed E-state index contributed by atoms with van der Waals surface area (Å²) in [4.78, 5) is 17.0. The van der Waals surface area contributed by atoms with Crippen molar-refractivity contribution in [1.82, 2.24) is 15.1 Å². The second-order valence-corrected chi connectivity index (χ2v) is 7.87. The summed E-state index contributed by atoms with van der Waals surface area (Å²) >= 11 is 6.84. The molecular formula is C22H19N3OS2. The molecule has 2 aliphatic heterocycles. The van der Waals surface area contributed by atoms with Gasteiger partial charge in [-0.1, -0.05) is 72.4 Å². The van der Waals surface area contributed by atoms with Gasteiger partial charge in [-0.2, -0.15) is 0 Å². The van der Waals surface area contributed by atoms with Crippen LogP contribution in [0.5, 0.6) is 0 Å². The quantitative estimate of drug-likeness (QED) is 0.610. The number of thiocarbonyl (C=S) groups is 1. The summed E-state index contributed by atoms with van der Waals surface area (Å²) in [6.45, 7) is 0. The van der Waals surface area contributed by atoms with Crippen molar-refractivity contribution >= 4 is 45.6 Å². The largest absolute Gasteiger partial charge is 0.338 e. The Labute approximate surface area is 174 Å². The van der Waals surface area contributed by atoms with E-state index >= 15 is 0 Å². The Hall–Kier alpha value is -2.83. The number of hydrogen-bond acceptors (Lipinski definition) is 4. The van der Waals surface area contributed by atoms with E-state index in [0.29, 0.717) is 10.8 Å². The number of thioether (sulfide) groups is 1. The van der Waals surface area contributed by atoms with Crippen LogP contribution in [0.3, 0.4) is 0 Å². The third kappa shape index (κ3) is 3.37. The molecular weight excluding hydrogens is 386 g/mol. The summed E-state index contributed by atoms with van der Waals surface area (Å²) in [7, 11) is 3.72. The van der Waals surface area contributed by atoms with E-state index in [1.807, 2.05) is 42.5 Å². The summed E-state index contributed by atoms with van der Waals surface area (Å²) in [5, 5.41) is 4.43. The number of likely N-dealkylation sites (N-methyl/N-ethyl adjacent to an activating group) is 1. The van der Waals surface area contributed by atoms with Crippen molar-refractivity contribution in [3.63, 3.8) is 0 Å². The summed E-state index contributed by atoms with van der Waals surface area (Å²) in [5.41, 5.74) is 3.97. The first kappa shape index (κ1) is 18.5. The first-order chi connectivity index (χ1) is 13.6. The molecule has 0 saturated carbocycles. The van der Waals surface area contributed by atoms with Gasteiger partial charge < -0.3 is 10.2 Å². The van der Waals surface area contributed by atoms with Crippen LogP contribution in [0.2, 0.25) is 0 Å². The molecule has 0 radical (unpaired) electrons. The van der Waals surface area contributed by atoms with Gasteiger partial charge in [0.15, 0.2) is 5.11 Å². The van der Waals surface area contributed by atoms with E-state index in [1.165, 1.54) is 15.4 Å². The number of carbonyl (C=O) groups is 1. The average Bonchev–Trinajstić information content (AvgIpc) is 3.19. The Morgan fingerprint density at radius 3 is 2.07 bits per heavy atom. The van der Waals surface area contributed by atoms with Gasteiger partial charge in [-0.3, -0.25) is 9.69 Å². The minimum Gasteiger partial charge on any atom is -0.338 e. The summed E-state index contributed by atoms with van der Waals surface area (Å²) in [6.07, 6.45) is 3.76. The fourth-order valence-corrected chi connectivity index (χ4v) is 4.50. The Kier molecular flexibility index (Phi) is 5.07. The van der Waals surface area contributed by atoms with Crippen LogP contribution in [0.15, 0.2) is 83.5 Å². The van der Waals surface area contributed by atoms with Crippen LogP contribution in [0.1, 0.15) is 11.1 Å². The molecule has 2 heterocycles. The molecule has 1 amide bonds. The second-order valence-electron chi connectivity index (χ2n) is 6.45. The lowest BCUT2D eigenvalue weighted by Crippen LogP contribution is -2.25. The van der Waals surface area contributed by atoms with Crippen LogP contribution in [-0.2, 0) is 4.79 Å². The second kappa shape index (κ2) is 7.66. The average molecular weight is 406 g/mol. The molecule has 1 N–H and O–H groups in total. The minimum absolute atomic E-state index is 0.118. The van der Waals surface area contributed by atoms with Gasteiger partial charge in [-0.25, -0.2) is 0 Å². The Bertz CT molecular complexity index is 1030. The lowest BCUT2D eigenvalue weighted by atomic mass is 10.1. The Morgan fingerprint density at radius 1 is 0.893 bits per heavy atom. The van der Waals surface area contributed by atoms with Gasteiger partial charge >= 0.3 is 0 Å². The van der Waals surface area contributed by atoms with E-state index in [0.717, 1.165) is 16.3 Å². The summed E-state index contributed by atoms with van der Waals surface area (Å²) < 4.78 is 0. The van der Waals surface area contributed by atoms with E-state index in [2.05, 4.69) is 41.5 Å². The van der Waals surface area contributed by atoms with Crippen molar-refractivity contribution < 1.29 is 4.79 Å². The molecule has 0 bridgehead atoms. The molecule has 1 saturated heterocycles. The molecule has 4 nitrogen and oxygen atoms in total. The van der Waals surface area contributed by atoms with Crippen LogP contribution in [0.25, 0.3) is 10.6 Å². The summed E-state index contributed by atoms with van der Waals surface area (Å²) in [6, 6.07) is 20.7. The molecule has 4 rings (SSSR count). The molecule has 140 valence electrons. The highest BCUT2D eigenvalue weighted by Crippen LogP contribution is 2.49. The predicted octanol–water partition coefficient (Wildman–Crippen LogP) is 4.26. The van der Waals surface area contributed by atoms with Gasteiger partial charge in [0.05, 0.1) is 10.7 Å². The molecule has 2 aromatic carbocycles. The molecule has 0 aliphatic carbocycles. The van der Waals surface area contributed by atoms with Gasteiger partial charge in [-0.05, 0) is 35.5 Å². The van der Waals surface area contributed by atoms with Crippen LogP contribution in [0.4, 0.5) is 0 Å². The van der Waals surface area contributed by atoms with Crippen molar-refractivity contribution in [3.05, 3.63) is 94.7 Å². The third-order valence-electron chi connectivity index (χ3n) is 4.64. The van der Waals surface area contributed by atoms with Crippen molar-refractivity contribution in [2.45, 2.75) is 0 Å². The molecule has 1 fully saturated rings. The molecule has 2 aliphatic rings. The van der Waals surface area contributed by atoms with Gasteiger partial charge in [0.25, 0.3) is 5.91 Å². The third-order valence-corrected chi connectivity index (χ3v) is 6.27. The molecule has 0 unspecified atom stereocenters. The SMILES string of the molecule is CN1C(=O)/C(=C/C=C2\SC(c3ccccc3)=C(c3ccccc3)N2C)NC1=S. The van der Waals surface area contributed by atoms with Crippen molar-refractivity contribution in [3.8, 4) is 0 Å².